The Morgan fingerprint density at radius 3 is 2.44 bits per heavy atom. The summed E-state index contributed by atoms with van der Waals surface area (Å²) in [5.74, 6) is 0. The summed E-state index contributed by atoms with van der Waals surface area (Å²) in [6.45, 7) is 5.33. The van der Waals surface area contributed by atoms with Gasteiger partial charge in [0.05, 0.1) is 6.17 Å². The molecule has 1 atom stereocenters. The van der Waals surface area contributed by atoms with Crippen LogP contribution in [0.25, 0.3) is 0 Å². The van der Waals surface area contributed by atoms with E-state index in [-0.39, 0.29) is 6.17 Å². The number of nitrogens with one attached hydrogen (secondary N) is 1. The normalized spacial score (nSPS) is 13.7. The lowest BCUT2D eigenvalue weighted by Gasteiger charge is -2.10. The van der Waals surface area contributed by atoms with Gasteiger partial charge in [-0.3, -0.25) is 0 Å². The predicted molar refractivity (Wildman–Crippen MR) is 41.2 cm³/mol. The molecule has 0 spiro atoms. The molecule has 0 radical (unpaired) electrons. The van der Waals surface area contributed by atoms with Crippen LogP contribution in [-0.2, 0) is 0 Å². The average molecular weight is 130 g/mol. The fraction of sp³-hybridized carbons (Fsp3) is 1.00. The van der Waals surface area contributed by atoms with Gasteiger partial charge in [-0.1, -0.05) is 20.3 Å². The van der Waals surface area contributed by atoms with E-state index < -0.39 is 0 Å². The first-order chi connectivity index (χ1) is 4.31. The van der Waals surface area contributed by atoms with Crippen molar-refractivity contribution in [1.29, 1.82) is 0 Å². The van der Waals surface area contributed by atoms with Gasteiger partial charge in [0, 0.05) is 0 Å². The minimum Gasteiger partial charge on any atom is -0.316 e. The van der Waals surface area contributed by atoms with Crippen LogP contribution in [0.3, 0.4) is 0 Å². The third-order valence-corrected chi connectivity index (χ3v) is 1.26. The Hall–Kier alpha value is -0.0800. The molecule has 9 heavy (non-hydrogen) atoms. The third-order valence-electron chi connectivity index (χ3n) is 1.26. The number of hydrogen-bond acceptors (Lipinski definition) is 2. The second kappa shape index (κ2) is 6.05. The number of rotatable bonds is 5. The van der Waals surface area contributed by atoms with Gasteiger partial charge >= 0.3 is 0 Å². The Bertz CT molecular complexity index is 54.9. The van der Waals surface area contributed by atoms with Crippen LogP contribution in [0.4, 0.5) is 0 Å². The molecule has 2 nitrogen and oxygen atoms in total. The molecule has 0 rings (SSSR count). The highest BCUT2D eigenvalue weighted by Gasteiger charge is 1.95. The molecule has 0 saturated carbocycles. The van der Waals surface area contributed by atoms with Gasteiger partial charge in [-0.15, -0.1) is 0 Å². The molecule has 0 aliphatic heterocycles. The van der Waals surface area contributed by atoms with Crippen molar-refractivity contribution in [2.45, 2.75) is 39.3 Å². The molecular weight excluding hydrogens is 112 g/mol. The van der Waals surface area contributed by atoms with Gasteiger partial charge in [0.1, 0.15) is 0 Å². The van der Waals surface area contributed by atoms with Crippen molar-refractivity contribution in [1.82, 2.24) is 5.32 Å². The molecule has 2 heteroatoms. The molecule has 0 aliphatic carbocycles. The minimum absolute atomic E-state index is 0.218. The fourth-order valence-electron chi connectivity index (χ4n) is 0.743. The molecule has 0 amide bonds. The van der Waals surface area contributed by atoms with E-state index in [2.05, 4.69) is 19.2 Å². The van der Waals surface area contributed by atoms with Gasteiger partial charge in [0.2, 0.25) is 0 Å². The first kappa shape index (κ1) is 8.92. The van der Waals surface area contributed by atoms with Crippen molar-refractivity contribution >= 4 is 0 Å². The molecule has 0 aromatic rings. The number of nitrogens with two attached hydrogens (primary N) is 1. The molecule has 0 heterocycles. The van der Waals surface area contributed by atoms with Crippen molar-refractivity contribution in [2.24, 2.45) is 5.73 Å². The van der Waals surface area contributed by atoms with Crippen LogP contribution in [0.2, 0.25) is 0 Å². The maximum atomic E-state index is 5.66. The molecule has 1 unspecified atom stereocenters. The van der Waals surface area contributed by atoms with Crippen molar-refractivity contribution in [3.63, 3.8) is 0 Å². The Kier molecular flexibility index (Phi) is 5.99. The van der Waals surface area contributed by atoms with E-state index in [0.29, 0.717) is 0 Å². The van der Waals surface area contributed by atoms with E-state index in [9.17, 15) is 0 Å². The van der Waals surface area contributed by atoms with Gasteiger partial charge in [-0.25, -0.2) is 0 Å². The Morgan fingerprint density at radius 2 is 2.00 bits per heavy atom. The lowest BCUT2D eigenvalue weighted by molar-refractivity contribution is 0.489. The van der Waals surface area contributed by atoms with Crippen LogP contribution in [0, 0.1) is 0 Å². The lowest BCUT2D eigenvalue weighted by atomic mass is 10.3. The third kappa shape index (κ3) is 5.80. The van der Waals surface area contributed by atoms with Crippen molar-refractivity contribution < 1.29 is 0 Å². The maximum absolute atomic E-state index is 5.66. The molecule has 0 fully saturated rings. The largest absolute Gasteiger partial charge is 0.316 e. The van der Waals surface area contributed by atoms with Gasteiger partial charge in [0.25, 0.3) is 0 Å². The first-order valence-electron chi connectivity index (χ1n) is 3.80. The highest BCUT2D eigenvalue weighted by Crippen LogP contribution is 1.88. The second-order valence-corrected chi connectivity index (χ2v) is 2.35. The summed E-state index contributed by atoms with van der Waals surface area (Å²) in [4.78, 5) is 0. The molecule has 0 saturated heterocycles. The van der Waals surface area contributed by atoms with Crippen LogP contribution in [-0.4, -0.2) is 12.7 Å². The van der Waals surface area contributed by atoms with E-state index in [1.165, 1.54) is 0 Å². The topological polar surface area (TPSA) is 38.0 Å². The van der Waals surface area contributed by atoms with Gasteiger partial charge < -0.3 is 11.1 Å². The predicted octanol–water partition coefficient (Wildman–Crippen LogP) is 1.07. The van der Waals surface area contributed by atoms with E-state index in [0.717, 1.165) is 25.8 Å². The molecule has 0 aromatic carbocycles. The zero-order chi connectivity index (χ0) is 7.11. The van der Waals surface area contributed by atoms with Crippen molar-refractivity contribution in [3.8, 4) is 0 Å². The molecule has 0 aliphatic rings. The summed E-state index contributed by atoms with van der Waals surface area (Å²) in [7, 11) is 0. The SMILES string of the molecule is CCCNC(N)CCC. The van der Waals surface area contributed by atoms with Gasteiger partial charge in [-0.05, 0) is 19.4 Å². The van der Waals surface area contributed by atoms with Gasteiger partial charge in [0.15, 0.2) is 0 Å². The van der Waals surface area contributed by atoms with E-state index >= 15 is 0 Å². The van der Waals surface area contributed by atoms with E-state index in [4.69, 9.17) is 5.73 Å². The molecule has 0 bridgehead atoms. The first-order valence-corrected chi connectivity index (χ1v) is 3.80. The fourth-order valence-corrected chi connectivity index (χ4v) is 0.743. The Balaban J connectivity index is 2.95. The Morgan fingerprint density at radius 1 is 1.33 bits per heavy atom. The monoisotopic (exact) mass is 130 g/mol. The summed E-state index contributed by atoms with van der Waals surface area (Å²) in [6.07, 6.45) is 3.63. The van der Waals surface area contributed by atoms with Crippen LogP contribution in [0.5, 0.6) is 0 Å². The summed E-state index contributed by atoms with van der Waals surface area (Å²) in [6, 6.07) is 0. The quantitative estimate of drug-likeness (QED) is 0.546. The molecule has 3 N–H and O–H groups in total. The maximum Gasteiger partial charge on any atom is 0.0546 e. The van der Waals surface area contributed by atoms with E-state index in [1.54, 1.807) is 0 Å². The summed E-state index contributed by atoms with van der Waals surface area (Å²) in [5, 5.41) is 3.21. The van der Waals surface area contributed by atoms with Crippen LogP contribution in [0.15, 0.2) is 0 Å². The summed E-state index contributed by atoms with van der Waals surface area (Å²) in [5.41, 5.74) is 5.66. The zero-order valence-electron chi connectivity index (χ0n) is 6.48. The zero-order valence-corrected chi connectivity index (χ0v) is 6.48. The highest BCUT2D eigenvalue weighted by atomic mass is 15.0. The van der Waals surface area contributed by atoms with Crippen LogP contribution < -0.4 is 11.1 Å². The van der Waals surface area contributed by atoms with E-state index in [1.807, 2.05) is 0 Å². The standard InChI is InChI=1S/C7H18N2/c1-3-5-7(8)9-6-4-2/h7,9H,3-6,8H2,1-2H3. The van der Waals surface area contributed by atoms with Crippen LogP contribution >= 0.6 is 0 Å². The Labute approximate surface area is 57.8 Å². The molecule has 56 valence electrons. The van der Waals surface area contributed by atoms with Crippen molar-refractivity contribution in [3.05, 3.63) is 0 Å². The number of hydrogen-bond donors (Lipinski definition) is 2. The summed E-state index contributed by atoms with van der Waals surface area (Å²) >= 11 is 0. The average Bonchev–Trinajstić information content (AvgIpc) is 1.85. The lowest BCUT2D eigenvalue weighted by Crippen LogP contribution is -2.37. The highest BCUT2D eigenvalue weighted by molar-refractivity contribution is 4.55. The molecule has 0 aromatic heterocycles. The summed E-state index contributed by atoms with van der Waals surface area (Å²) < 4.78 is 0. The second-order valence-electron chi connectivity index (χ2n) is 2.35. The smallest absolute Gasteiger partial charge is 0.0546 e. The van der Waals surface area contributed by atoms with Crippen molar-refractivity contribution in [2.75, 3.05) is 6.54 Å². The minimum atomic E-state index is 0.218. The molecular formula is C7H18N2. The van der Waals surface area contributed by atoms with Gasteiger partial charge in [-0.2, -0.15) is 0 Å². The van der Waals surface area contributed by atoms with Crippen LogP contribution in [0.1, 0.15) is 33.1 Å².